The van der Waals surface area contributed by atoms with E-state index in [0.717, 1.165) is 5.57 Å². The van der Waals surface area contributed by atoms with E-state index < -0.39 is 5.97 Å². The van der Waals surface area contributed by atoms with Gasteiger partial charge in [0.05, 0.1) is 7.11 Å². The van der Waals surface area contributed by atoms with Gasteiger partial charge in [0, 0.05) is 16.7 Å². The first-order chi connectivity index (χ1) is 9.97. The highest BCUT2D eigenvalue weighted by atomic mass is 16.5. The van der Waals surface area contributed by atoms with Crippen molar-refractivity contribution in [3.8, 4) is 0 Å². The van der Waals surface area contributed by atoms with Crippen molar-refractivity contribution in [3.05, 3.63) is 64.3 Å². The number of aliphatic hydroxyl groups excluding tert-OH is 1. The van der Waals surface area contributed by atoms with Crippen LogP contribution < -0.4 is 0 Å². The van der Waals surface area contributed by atoms with E-state index in [-0.39, 0.29) is 22.7 Å². The molecule has 0 heterocycles. The Balaban J connectivity index is 2.74. The molecule has 0 unspecified atom stereocenters. The van der Waals surface area contributed by atoms with Crippen molar-refractivity contribution in [3.63, 3.8) is 0 Å². The first kappa shape index (κ1) is 14.8. The lowest BCUT2D eigenvalue weighted by Crippen LogP contribution is -2.21. The molecule has 0 saturated carbocycles. The predicted octanol–water partition coefficient (Wildman–Crippen LogP) is 3.22. The van der Waals surface area contributed by atoms with E-state index in [4.69, 9.17) is 0 Å². The molecule has 1 aliphatic carbocycles. The van der Waals surface area contributed by atoms with Gasteiger partial charge < -0.3 is 9.84 Å². The number of methoxy groups -OCH3 is 1. The molecule has 4 heteroatoms. The zero-order chi connectivity index (χ0) is 15.6. The van der Waals surface area contributed by atoms with Gasteiger partial charge in [-0.2, -0.15) is 0 Å². The molecule has 21 heavy (non-hydrogen) atoms. The van der Waals surface area contributed by atoms with Crippen molar-refractivity contribution >= 4 is 17.5 Å². The lowest BCUT2D eigenvalue weighted by atomic mass is 9.85. The van der Waals surface area contributed by atoms with Crippen LogP contribution in [0, 0.1) is 0 Å². The molecule has 0 radical (unpaired) electrons. The Bertz CT molecular complexity index is 701. The molecule has 2 rings (SSSR count). The summed E-state index contributed by atoms with van der Waals surface area (Å²) >= 11 is 0. The predicted molar refractivity (Wildman–Crippen MR) is 79.9 cm³/mol. The number of ether oxygens (including phenoxy) is 1. The Morgan fingerprint density at radius 1 is 1.19 bits per heavy atom. The second-order valence-corrected chi connectivity index (χ2v) is 4.91. The third-order valence-corrected chi connectivity index (χ3v) is 3.15. The highest BCUT2D eigenvalue weighted by Gasteiger charge is 2.33. The minimum absolute atomic E-state index is 0.0984. The molecule has 0 bridgehead atoms. The molecule has 0 aliphatic heterocycles. The molecule has 108 valence electrons. The standard InChI is InChI=1S/C17H16O4/c1-10(2)8-9-13-14(17(20)21-3)16(19)12-7-5-4-6-11(12)15(13)18/h4-9,19H,1-3H3/b13-9-. The third-order valence-electron chi connectivity index (χ3n) is 3.15. The number of hydrogen-bond acceptors (Lipinski definition) is 4. The fraction of sp³-hybridized carbons (Fsp3) is 0.176. The first-order valence-corrected chi connectivity index (χ1v) is 6.48. The highest BCUT2D eigenvalue weighted by molar-refractivity contribution is 6.24. The van der Waals surface area contributed by atoms with Gasteiger partial charge >= 0.3 is 5.97 Å². The topological polar surface area (TPSA) is 63.6 Å². The van der Waals surface area contributed by atoms with Gasteiger partial charge in [-0.15, -0.1) is 0 Å². The number of allylic oxidation sites excluding steroid dienone is 3. The fourth-order valence-electron chi connectivity index (χ4n) is 2.13. The van der Waals surface area contributed by atoms with E-state index >= 15 is 0 Å². The molecule has 1 aromatic rings. The minimum Gasteiger partial charge on any atom is -0.506 e. The van der Waals surface area contributed by atoms with Gasteiger partial charge in [0.2, 0.25) is 0 Å². The number of esters is 1. The van der Waals surface area contributed by atoms with Crippen molar-refractivity contribution < 1.29 is 19.4 Å². The fourth-order valence-corrected chi connectivity index (χ4v) is 2.13. The van der Waals surface area contributed by atoms with Crippen LogP contribution in [0.2, 0.25) is 0 Å². The number of Topliss-reactive ketones (excluding diaryl/α,β-unsaturated/α-hetero) is 1. The summed E-state index contributed by atoms with van der Waals surface area (Å²) in [4.78, 5) is 24.5. The number of aliphatic hydroxyl groups is 1. The maximum atomic E-state index is 12.6. The van der Waals surface area contributed by atoms with Crippen LogP contribution in [0.4, 0.5) is 0 Å². The SMILES string of the molecule is COC(=O)C1=C(O)c2ccccc2C(=O)/C1=C\C=C(C)C. The summed E-state index contributed by atoms with van der Waals surface area (Å²) in [6.07, 6.45) is 3.26. The monoisotopic (exact) mass is 284 g/mol. The summed E-state index contributed by atoms with van der Waals surface area (Å²) in [6, 6.07) is 6.63. The molecule has 1 N–H and O–H groups in total. The van der Waals surface area contributed by atoms with E-state index in [1.807, 2.05) is 13.8 Å². The highest BCUT2D eigenvalue weighted by Crippen LogP contribution is 2.33. The number of fused-ring (bicyclic) bond motifs is 1. The van der Waals surface area contributed by atoms with Crippen molar-refractivity contribution in [1.82, 2.24) is 0 Å². The van der Waals surface area contributed by atoms with Crippen molar-refractivity contribution in [2.24, 2.45) is 0 Å². The lowest BCUT2D eigenvalue weighted by Gasteiger charge is -2.19. The van der Waals surface area contributed by atoms with E-state index in [1.54, 1.807) is 30.3 Å². The largest absolute Gasteiger partial charge is 0.506 e. The Morgan fingerprint density at radius 3 is 2.38 bits per heavy atom. The number of carbonyl (C=O) groups excluding carboxylic acids is 2. The summed E-state index contributed by atoms with van der Waals surface area (Å²) in [6.45, 7) is 3.75. The number of hydrogen-bond donors (Lipinski definition) is 1. The van der Waals surface area contributed by atoms with Crippen molar-refractivity contribution in [1.29, 1.82) is 0 Å². The van der Waals surface area contributed by atoms with E-state index in [9.17, 15) is 14.7 Å². The van der Waals surface area contributed by atoms with Crippen LogP contribution in [0.3, 0.4) is 0 Å². The van der Waals surface area contributed by atoms with Crippen LogP contribution in [-0.2, 0) is 9.53 Å². The third kappa shape index (κ3) is 2.65. The zero-order valence-electron chi connectivity index (χ0n) is 12.1. The number of rotatable bonds is 2. The van der Waals surface area contributed by atoms with Crippen LogP contribution in [0.25, 0.3) is 5.76 Å². The molecule has 1 aliphatic rings. The van der Waals surface area contributed by atoms with Gasteiger partial charge in [-0.1, -0.05) is 42.0 Å². The average molecular weight is 284 g/mol. The van der Waals surface area contributed by atoms with Gasteiger partial charge in [0.1, 0.15) is 11.3 Å². The Kier molecular flexibility index (Phi) is 4.08. The molecular weight excluding hydrogens is 268 g/mol. The van der Waals surface area contributed by atoms with Crippen molar-refractivity contribution in [2.45, 2.75) is 13.8 Å². The van der Waals surface area contributed by atoms with Gasteiger partial charge in [-0.3, -0.25) is 4.79 Å². The summed E-state index contributed by atoms with van der Waals surface area (Å²) in [7, 11) is 1.21. The van der Waals surface area contributed by atoms with Crippen LogP contribution in [0.1, 0.15) is 29.8 Å². The average Bonchev–Trinajstić information content (AvgIpc) is 2.48. The molecule has 0 spiro atoms. The van der Waals surface area contributed by atoms with Gasteiger partial charge in [0.25, 0.3) is 0 Å². The maximum absolute atomic E-state index is 12.6. The number of ketones is 1. The van der Waals surface area contributed by atoms with Gasteiger partial charge in [0.15, 0.2) is 5.78 Å². The van der Waals surface area contributed by atoms with Gasteiger partial charge in [-0.05, 0) is 13.8 Å². The molecule has 1 aromatic carbocycles. The summed E-state index contributed by atoms with van der Waals surface area (Å²) < 4.78 is 4.69. The molecule has 0 amide bonds. The van der Waals surface area contributed by atoms with Crippen molar-refractivity contribution in [2.75, 3.05) is 7.11 Å². The molecule has 4 nitrogen and oxygen atoms in total. The van der Waals surface area contributed by atoms with Crippen LogP contribution in [-0.4, -0.2) is 24.0 Å². The maximum Gasteiger partial charge on any atom is 0.342 e. The quantitative estimate of drug-likeness (QED) is 0.669. The van der Waals surface area contributed by atoms with Crippen LogP contribution >= 0.6 is 0 Å². The first-order valence-electron chi connectivity index (χ1n) is 6.48. The Labute approximate surface area is 123 Å². The molecule has 0 aromatic heterocycles. The minimum atomic E-state index is -0.733. The normalized spacial score (nSPS) is 15.8. The number of benzene rings is 1. The zero-order valence-corrected chi connectivity index (χ0v) is 12.1. The van der Waals surface area contributed by atoms with Gasteiger partial charge in [-0.25, -0.2) is 4.79 Å². The van der Waals surface area contributed by atoms with Crippen LogP contribution in [0.15, 0.2) is 53.1 Å². The number of carbonyl (C=O) groups is 2. The molecule has 0 atom stereocenters. The summed E-state index contributed by atoms with van der Waals surface area (Å²) in [5.74, 6) is -1.27. The summed E-state index contributed by atoms with van der Waals surface area (Å²) in [5, 5.41) is 10.3. The molecular formula is C17H16O4. The molecule has 0 saturated heterocycles. The molecule has 0 fully saturated rings. The van der Waals surface area contributed by atoms with E-state index in [0.29, 0.717) is 11.1 Å². The van der Waals surface area contributed by atoms with Crippen LogP contribution in [0.5, 0.6) is 0 Å². The Hall–Kier alpha value is -2.62. The lowest BCUT2D eigenvalue weighted by molar-refractivity contribution is -0.135. The summed E-state index contributed by atoms with van der Waals surface area (Å²) in [5.41, 5.74) is 1.73. The van der Waals surface area contributed by atoms with E-state index in [1.165, 1.54) is 13.2 Å². The second-order valence-electron chi connectivity index (χ2n) is 4.91. The smallest absolute Gasteiger partial charge is 0.342 e. The Morgan fingerprint density at radius 2 is 1.81 bits per heavy atom. The second kappa shape index (κ2) is 5.79. The van der Waals surface area contributed by atoms with E-state index in [2.05, 4.69) is 4.74 Å².